The number of anilines is 3. The lowest BCUT2D eigenvalue weighted by atomic mass is 10.1. The number of carbonyl (C=O) groups excluding carboxylic acids is 2. The number of benzene rings is 1. The number of nitrogens with one attached hydrogen (secondary N) is 2. The van der Waals surface area contributed by atoms with Gasteiger partial charge in [0.15, 0.2) is 5.13 Å². The van der Waals surface area contributed by atoms with Gasteiger partial charge in [0.2, 0.25) is 5.95 Å². The van der Waals surface area contributed by atoms with Crippen molar-refractivity contribution >= 4 is 39.8 Å². The molecule has 1 fully saturated rings. The van der Waals surface area contributed by atoms with Gasteiger partial charge in [0.1, 0.15) is 5.69 Å². The van der Waals surface area contributed by atoms with Crippen LogP contribution in [-0.4, -0.2) is 33.0 Å². The third-order valence-corrected chi connectivity index (χ3v) is 6.79. The van der Waals surface area contributed by atoms with Crippen LogP contribution in [0.2, 0.25) is 0 Å². The van der Waals surface area contributed by atoms with Gasteiger partial charge in [-0.05, 0) is 66.9 Å². The van der Waals surface area contributed by atoms with Gasteiger partial charge >= 0.3 is 6.03 Å². The number of carbonyl (C=O) groups is 2. The fraction of sp³-hybridized carbons (Fsp3) is 0.200. The number of rotatable bonds is 7. The Hall–Kier alpha value is -4.25. The molecular weight excluding hydrogens is 481 g/mol. The van der Waals surface area contributed by atoms with E-state index in [0.29, 0.717) is 28.6 Å². The summed E-state index contributed by atoms with van der Waals surface area (Å²) in [4.78, 5) is 34.6. The Labute approximate surface area is 210 Å². The summed E-state index contributed by atoms with van der Waals surface area (Å²) in [5.41, 5.74) is 8.91. The predicted molar refractivity (Wildman–Crippen MR) is 137 cm³/mol. The normalized spacial score (nSPS) is 15.1. The van der Waals surface area contributed by atoms with E-state index in [2.05, 4.69) is 20.5 Å². The highest BCUT2D eigenvalue weighted by molar-refractivity contribution is 7.14. The molecule has 4 N–H and O–H groups in total. The van der Waals surface area contributed by atoms with Crippen molar-refractivity contribution in [3.05, 3.63) is 89.2 Å². The number of pyridine rings is 1. The SMILES string of the molecule is NC(=O)Nc1ccc(N2CCCC2c2csc(NC(=O)c3cccn3Cc3ccnc(F)c3)n2)cc1. The number of amides is 3. The Bertz CT molecular complexity index is 1390. The van der Waals surface area contributed by atoms with E-state index >= 15 is 0 Å². The van der Waals surface area contributed by atoms with E-state index in [4.69, 9.17) is 10.7 Å². The van der Waals surface area contributed by atoms with Gasteiger partial charge in [0.25, 0.3) is 5.91 Å². The second-order valence-electron chi connectivity index (χ2n) is 8.43. The van der Waals surface area contributed by atoms with Crippen molar-refractivity contribution in [3.63, 3.8) is 0 Å². The van der Waals surface area contributed by atoms with E-state index in [1.165, 1.54) is 23.6 Å². The van der Waals surface area contributed by atoms with Gasteiger partial charge in [0, 0.05) is 42.2 Å². The standard InChI is InChI=1S/C25H24FN7O2S/c26-22-13-16(9-10-28-22)14-32-11-1-4-21(32)23(34)31-25-30-19(15-36-25)20-3-2-12-33(20)18-7-5-17(6-8-18)29-24(27)35/h1,4-11,13,15,20H,2-3,12,14H2,(H3,27,29,35)(H,30,31,34). The van der Waals surface area contributed by atoms with Crippen molar-refractivity contribution in [2.75, 3.05) is 22.1 Å². The molecule has 0 bridgehead atoms. The lowest BCUT2D eigenvalue weighted by Crippen LogP contribution is -2.23. The first-order valence-corrected chi connectivity index (χ1v) is 12.3. The van der Waals surface area contributed by atoms with Gasteiger partial charge in [0.05, 0.1) is 11.7 Å². The Morgan fingerprint density at radius 2 is 2.00 bits per heavy atom. The number of thiazole rings is 1. The molecule has 1 saturated heterocycles. The Kier molecular flexibility index (Phi) is 6.63. The van der Waals surface area contributed by atoms with Crippen molar-refractivity contribution in [1.82, 2.24) is 14.5 Å². The van der Waals surface area contributed by atoms with Crippen LogP contribution in [0.1, 0.15) is 40.6 Å². The van der Waals surface area contributed by atoms with E-state index in [1.54, 1.807) is 29.0 Å². The maximum absolute atomic E-state index is 13.4. The van der Waals surface area contributed by atoms with Crippen LogP contribution in [-0.2, 0) is 6.54 Å². The van der Waals surface area contributed by atoms with Gasteiger partial charge in [-0.2, -0.15) is 4.39 Å². The van der Waals surface area contributed by atoms with Gasteiger partial charge in [-0.15, -0.1) is 11.3 Å². The molecule has 1 aliphatic heterocycles. The molecule has 3 aromatic heterocycles. The topological polar surface area (TPSA) is 118 Å². The zero-order valence-electron chi connectivity index (χ0n) is 19.2. The fourth-order valence-electron chi connectivity index (χ4n) is 4.42. The summed E-state index contributed by atoms with van der Waals surface area (Å²) in [5.74, 6) is -0.837. The highest BCUT2D eigenvalue weighted by Gasteiger charge is 2.28. The Morgan fingerprint density at radius 3 is 2.78 bits per heavy atom. The lowest BCUT2D eigenvalue weighted by Gasteiger charge is -2.25. The number of primary amides is 1. The number of hydrogen-bond acceptors (Lipinski definition) is 6. The molecule has 4 heterocycles. The number of nitrogens with two attached hydrogens (primary N) is 1. The van der Waals surface area contributed by atoms with Gasteiger partial charge < -0.3 is 20.5 Å². The van der Waals surface area contributed by atoms with Crippen molar-refractivity contribution < 1.29 is 14.0 Å². The van der Waals surface area contributed by atoms with Crippen LogP contribution in [0.5, 0.6) is 0 Å². The molecule has 5 rings (SSSR count). The molecule has 1 unspecified atom stereocenters. The molecule has 1 aromatic carbocycles. The first-order valence-electron chi connectivity index (χ1n) is 11.4. The monoisotopic (exact) mass is 505 g/mol. The minimum atomic E-state index is -0.600. The summed E-state index contributed by atoms with van der Waals surface area (Å²) in [5, 5.41) is 7.95. The molecule has 0 spiro atoms. The molecule has 1 aliphatic rings. The second kappa shape index (κ2) is 10.2. The molecule has 9 nitrogen and oxygen atoms in total. The van der Waals surface area contributed by atoms with Crippen LogP contribution in [0.3, 0.4) is 0 Å². The largest absolute Gasteiger partial charge is 0.363 e. The minimum Gasteiger partial charge on any atom is -0.363 e. The number of aromatic nitrogens is 3. The van der Waals surface area contributed by atoms with Crippen LogP contribution in [0, 0.1) is 5.95 Å². The van der Waals surface area contributed by atoms with E-state index in [-0.39, 0.29) is 11.9 Å². The number of hydrogen-bond donors (Lipinski definition) is 3. The van der Waals surface area contributed by atoms with E-state index in [9.17, 15) is 14.0 Å². The average Bonchev–Trinajstić information content (AvgIpc) is 3.60. The molecule has 1 atom stereocenters. The number of urea groups is 1. The summed E-state index contributed by atoms with van der Waals surface area (Å²) in [6.45, 7) is 1.23. The van der Waals surface area contributed by atoms with Crippen molar-refractivity contribution in [2.24, 2.45) is 5.73 Å². The zero-order valence-corrected chi connectivity index (χ0v) is 20.0. The summed E-state index contributed by atoms with van der Waals surface area (Å²) < 4.78 is 15.2. The van der Waals surface area contributed by atoms with Crippen LogP contribution in [0.15, 0.2) is 66.3 Å². The van der Waals surface area contributed by atoms with Crippen molar-refractivity contribution in [3.8, 4) is 0 Å². The molecule has 4 aromatic rings. The third-order valence-electron chi connectivity index (χ3n) is 6.01. The highest BCUT2D eigenvalue weighted by Crippen LogP contribution is 2.37. The van der Waals surface area contributed by atoms with Gasteiger partial charge in [-0.1, -0.05) is 0 Å². The maximum atomic E-state index is 13.4. The number of nitrogens with zero attached hydrogens (tertiary/aromatic N) is 4. The van der Waals surface area contributed by atoms with Crippen LogP contribution in [0.4, 0.5) is 25.7 Å². The van der Waals surface area contributed by atoms with Crippen LogP contribution >= 0.6 is 11.3 Å². The number of halogens is 1. The third kappa shape index (κ3) is 5.20. The van der Waals surface area contributed by atoms with E-state index in [0.717, 1.165) is 30.8 Å². The fourth-order valence-corrected chi connectivity index (χ4v) is 5.17. The van der Waals surface area contributed by atoms with E-state index in [1.807, 2.05) is 29.6 Å². The predicted octanol–water partition coefficient (Wildman–Crippen LogP) is 4.61. The molecule has 0 radical (unpaired) electrons. The summed E-state index contributed by atoms with van der Waals surface area (Å²) in [7, 11) is 0. The first-order chi connectivity index (χ1) is 17.5. The molecule has 3 amide bonds. The molecule has 0 saturated carbocycles. The lowest BCUT2D eigenvalue weighted by molar-refractivity contribution is 0.101. The van der Waals surface area contributed by atoms with Crippen molar-refractivity contribution in [1.29, 1.82) is 0 Å². The zero-order chi connectivity index (χ0) is 25.1. The summed E-state index contributed by atoms with van der Waals surface area (Å²) >= 11 is 1.38. The van der Waals surface area contributed by atoms with Gasteiger partial charge in [-0.25, -0.2) is 14.8 Å². The van der Waals surface area contributed by atoms with Crippen LogP contribution < -0.4 is 21.3 Å². The first kappa shape index (κ1) is 23.5. The Morgan fingerprint density at radius 1 is 1.17 bits per heavy atom. The smallest absolute Gasteiger partial charge is 0.316 e. The molecule has 184 valence electrons. The summed E-state index contributed by atoms with van der Waals surface area (Å²) in [6.07, 6.45) is 5.16. The minimum absolute atomic E-state index is 0.0901. The quantitative estimate of drug-likeness (QED) is 0.317. The maximum Gasteiger partial charge on any atom is 0.316 e. The highest BCUT2D eigenvalue weighted by atomic mass is 32.1. The molecular formula is C25H24FN7O2S. The summed E-state index contributed by atoms with van der Waals surface area (Å²) in [6, 6.07) is 13.6. The van der Waals surface area contributed by atoms with Crippen molar-refractivity contribution in [2.45, 2.75) is 25.4 Å². The van der Waals surface area contributed by atoms with Crippen LogP contribution in [0.25, 0.3) is 0 Å². The average molecular weight is 506 g/mol. The second-order valence-corrected chi connectivity index (χ2v) is 9.29. The Balaban J connectivity index is 1.27. The molecule has 11 heteroatoms. The molecule has 36 heavy (non-hydrogen) atoms. The van der Waals surface area contributed by atoms with E-state index < -0.39 is 12.0 Å². The van der Waals surface area contributed by atoms with Gasteiger partial charge in [-0.3, -0.25) is 10.1 Å². The molecule has 0 aliphatic carbocycles.